The lowest BCUT2D eigenvalue weighted by molar-refractivity contribution is 0.0697. The van der Waals surface area contributed by atoms with Gasteiger partial charge >= 0.3 is 5.97 Å². The number of benzene rings is 1. The van der Waals surface area contributed by atoms with E-state index in [9.17, 15) is 4.79 Å². The van der Waals surface area contributed by atoms with Crippen LogP contribution in [0.5, 0.6) is 0 Å². The Hall–Kier alpha value is -2.65. The molecule has 0 aliphatic heterocycles. The van der Waals surface area contributed by atoms with Gasteiger partial charge in [0.15, 0.2) is 11.5 Å². The summed E-state index contributed by atoms with van der Waals surface area (Å²) in [4.78, 5) is 18.8. The van der Waals surface area contributed by atoms with Crippen LogP contribution in [0.25, 0.3) is 0 Å². The highest BCUT2D eigenvalue weighted by atomic mass is 35.5. The second-order valence-corrected chi connectivity index (χ2v) is 3.90. The van der Waals surface area contributed by atoms with Gasteiger partial charge in [-0.3, -0.25) is 0 Å². The second-order valence-electron chi connectivity index (χ2n) is 3.49. The van der Waals surface area contributed by atoms with Gasteiger partial charge in [0.2, 0.25) is 0 Å². The summed E-state index contributed by atoms with van der Waals surface area (Å²) in [6, 6.07) is 6.29. The van der Waals surface area contributed by atoms with E-state index in [0.717, 1.165) is 0 Å². The molecule has 1 aromatic carbocycles. The Morgan fingerprint density at radius 1 is 1.37 bits per heavy atom. The Morgan fingerprint density at radius 3 is 2.79 bits per heavy atom. The van der Waals surface area contributed by atoms with Gasteiger partial charge < -0.3 is 10.4 Å². The molecule has 0 aliphatic carbocycles. The molecular weight excluding hydrogens is 268 g/mol. The lowest BCUT2D eigenvalue weighted by atomic mass is 10.2. The molecule has 0 aliphatic rings. The molecule has 1 aromatic heterocycles. The van der Waals surface area contributed by atoms with Crippen LogP contribution in [-0.2, 0) is 0 Å². The average molecular weight is 275 g/mol. The fourth-order valence-electron chi connectivity index (χ4n) is 1.41. The normalized spacial score (nSPS) is 9.68. The first-order valence-electron chi connectivity index (χ1n) is 5.13. The fraction of sp³-hybridized carbons (Fsp3) is 0. The van der Waals surface area contributed by atoms with E-state index in [2.05, 4.69) is 15.3 Å². The van der Waals surface area contributed by atoms with Crippen molar-refractivity contribution in [1.29, 1.82) is 5.26 Å². The van der Waals surface area contributed by atoms with E-state index in [-0.39, 0.29) is 22.1 Å². The predicted molar refractivity (Wildman–Crippen MR) is 68.4 cm³/mol. The molecule has 19 heavy (non-hydrogen) atoms. The van der Waals surface area contributed by atoms with Crippen molar-refractivity contribution < 1.29 is 9.90 Å². The van der Waals surface area contributed by atoms with Gasteiger partial charge in [0, 0.05) is 18.1 Å². The summed E-state index contributed by atoms with van der Waals surface area (Å²) in [5.74, 6) is -0.878. The van der Waals surface area contributed by atoms with Crippen molar-refractivity contribution in [2.24, 2.45) is 0 Å². The van der Waals surface area contributed by atoms with Crippen LogP contribution in [0.2, 0.25) is 5.02 Å². The van der Waals surface area contributed by atoms with Crippen LogP contribution in [0.15, 0.2) is 30.6 Å². The molecule has 0 saturated heterocycles. The molecular formula is C12H7ClN4O2. The standard InChI is InChI=1S/C12H7ClN4O2/c13-9-2-1-7(5-8(9)12(18)19)17-11-10(6-14)15-3-4-16-11/h1-5H,(H,16,17)(H,18,19). The summed E-state index contributed by atoms with van der Waals surface area (Å²) in [5, 5.41) is 20.8. The minimum absolute atomic E-state index is 0.0333. The Bertz CT molecular complexity index is 682. The van der Waals surface area contributed by atoms with Crippen LogP contribution in [-0.4, -0.2) is 21.0 Å². The van der Waals surface area contributed by atoms with Gasteiger partial charge in [0.1, 0.15) is 6.07 Å². The highest BCUT2D eigenvalue weighted by molar-refractivity contribution is 6.33. The van der Waals surface area contributed by atoms with E-state index in [1.54, 1.807) is 6.07 Å². The molecule has 0 amide bonds. The van der Waals surface area contributed by atoms with Crippen LogP contribution in [0.3, 0.4) is 0 Å². The van der Waals surface area contributed by atoms with E-state index in [4.69, 9.17) is 22.0 Å². The minimum Gasteiger partial charge on any atom is -0.478 e. The maximum atomic E-state index is 11.0. The first-order valence-corrected chi connectivity index (χ1v) is 5.50. The number of halogens is 1. The topological polar surface area (TPSA) is 98.9 Å². The van der Waals surface area contributed by atoms with Crippen LogP contribution in [0.1, 0.15) is 16.1 Å². The van der Waals surface area contributed by atoms with Gasteiger partial charge in [0.25, 0.3) is 0 Å². The molecule has 2 rings (SSSR count). The smallest absolute Gasteiger partial charge is 0.337 e. The molecule has 2 N–H and O–H groups in total. The van der Waals surface area contributed by atoms with Gasteiger partial charge in [-0.2, -0.15) is 5.26 Å². The summed E-state index contributed by atoms with van der Waals surface area (Å²) in [6.45, 7) is 0. The number of aromatic nitrogens is 2. The molecule has 0 fully saturated rings. The largest absolute Gasteiger partial charge is 0.478 e. The number of hydrogen-bond donors (Lipinski definition) is 2. The molecule has 0 radical (unpaired) electrons. The van der Waals surface area contributed by atoms with Crippen molar-refractivity contribution in [3.8, 4) is 6.07 Å². The van der Waals surface area contributed by atoms with Crippen molar-refractivity contribution in [3.05, 3.63) is 46.9 Å². The zero-order chi connectivity index (χ0) is 13.8. The number of carbonyl (C=O) groups is 1. The van der Waals surface area contributed by atoms with Crippen molar-refractivity contribution >= 4 is 29.1 Å². The number of nitrogens with zero attached hydrogens (tertiary/aromatic N) is 3. The molecule has 0 saturated carbocycles. The van der Waals surface area contributed by atoms with Crippen LogP contribution >= 0.6 is 11.6 Å². The quantitative estimate of drug-likeness (QED) is 0.892. The molecule has 6 nitrogen and oxygen atoms in total. The van der Waals surface area contributed by atoms with Crippen LogP contribution < -0.4 is 5.32 Å². The fourth-order valence-corrected chi connectivity index (χ4v) is 1.61. The number of carboxylic acid groups (broad SMARTS) is 1. The van der Waals surface area contributed by atoms with Gasteiger partial charge in [-0.1, -0.05) is 11.6 Å². The van der Waals surface area contributed by atoms with Gasteiger partial charge in [0.05, 0.1) is 10.6 Å². The van der Waals surface area contributed by atoms with Crippen molar-refractivity contribution in [1.82, 2.24) is 9.97 Å². The summed E-state index contributed by atoms with van der Waals surface area (Å²) < 4.78 is 0. The van der Waals surface area contributed by atoms with Crippen molar-refractivity contribution in [2.45, 2.75) is 0 Å². The first-order chi connectivity index (χ1) is 9.11. The number of carboxylic acids is 1. The lowest BCUT2D eigenvalue weighted by Crippen LogP contribution is -2.02. The van der Waals surface area contributed by atoms with Gasteiger partial charge in [-0.05, 0) is 18.2 Å². The zero-order valence-electron chi connectivity index (χ0n) is 9.46. The summed E-state index contributed by atoms with van der Waals surface area (Å²) >= 11 is 5.76. The Morgan fingerprint density at radius 2 is 2.11 bits per heavy atom. The monoisotopic (exact) mass is 274 g/mol. The zero-order valence-corrected chi connectivity index (χ0v) is 10.2. The van der Waals surface area contributed by atoms with E-state index < -0.39 is 5.97 Å². The molecule has 94 valence electrons. The summed E-state index contributed by atoms with van der Waals surface area (Å²) in [7, 11) is 0. The third-order valence-electron chi connectivity index (χ3n) is 2.26. The number of rotatable bonds is 3. The average Bonchev–Trinajstić information content (AvgIpc) is 2.41. The van der Waals surface area contributed by atoms with Gasteiger partial charge in [-0.25, -0.2) is 14.8 Å². The number of nitriles is 1. The van der Waals surface area contributed by atoms with E-state index in [1.165, 1.54) is 24.5 Å². The molecule has 0 unspecified atom stereocenters. The molecule has 1 heterocycles. The van der Waals surface area contributed by atoms with E-state index >= 15 is 0 Å². The molecule has 2 aromatic rings. The maximum absolute atomic E-state index is 11.0. The third-order valence-corrected chi connectivity index (χ3v) is 2.59. The van der Waals surface area contributed by atoms with Crippen LogP contribution in [0, 0.1) is 11.3 Å². The van der Waals surface area contributed by atoms with Gasteiger partial charge in [-0.15, -0.1) is 0 Å². The second kappa shape index (κ2) is 5.33. The Kier molecular flexibility index (Phi) is 3.59. The van der Waals surface area contributed by atoms with Crippen molar-refractivity contribution in [3.63, 3.8) is 0 Å². The molecule has 7 heteroatoms. The highest BCUT2D eigenvalue weighted by Crippen LogP contribution is 2.23. The SMILES string of the molecule is N#Cc1nccnc1Nc1ccc(Cl)c(C(=O)O)c1. The van der Waals surface area contributed by atoms with E-state index in [1.807, 2.05) is 6.07 Å². The predicted octanol–water partition coefficient (Wildman–Crippen LogP) is 2.44. The number of anilines is 2. The number of hydrogen-bond acceptors (Lipinski definition) is 5. The first kappa shape index (κ1) is 12.8. The number of nitrogens with one attached hydrogen (secondary N) is 1. The maximum Gasteiger partial charge on any atom is 0.337 e. The number of aromatic carboxylic acids is 1. The van der Waals surface area contributed by atoms with Crippen LogP contribution in [0.4, 0.5) is 11.5 Å². The molecule has 0 bridgehead atoms. The van der Waals surface area contributed by atoms with E-state index in [0.29, 0.717) is 5.69 Å². The lowest BCUT2D eigenvalue weighted by Gasteiger charge is -2.07. The highest BCUT2D eigenvalue weighted by Gasteiger charge is 2.11. The third kappa shape index (κ3) is 2.78. The minimum atomic E-state index is -1.13. The van der Waals surface area contributed by atoms with Crippen molar-refractivity contribution in [2.75, 3.05) is 5.32 Å². The summed E-state index contributed by atoms with van der Waals surface area (Å²) in [6.07, 6.45) is 2.82. The molecule has 0 spiro atoms. The summed E-state index contributed by atoms with van der Waals surface area (Å²) in [5.41, 5.74) is 0.544. The molecule has 0 atom stereocenters. The Balaban J connectivity index is 2.37. The Labute approximate surface area is 113 Å².